The van der Waals surface area contributed by atoms with Crippen molar-refractivity contribution in [2.45, 2.75) is 11.8 Å². The molecule has 0 aliphatic carbocycles. The second-order valence-corrected chi connectivity index (χ2v) is 3.98. The number of hydrogen-bond acceptors (Lipinski definition) is 3. The van der Waals surface area contributed by atoms with E-state index in [2.05, 4.69) is 0 Å². The maximum Gasteiger partial charge on any atom is 0.294 e. The van der Waals surface area contributed by atoms with Crippen LogP contribution in [0.4, 0.5) is 0 Å². The van der Waals surface area contributed by atoms with Crippen molar-refractivity contribution in [3.05, 3.63) is 29.8 Å². The molecule has 0 saturated heterocycles. The zero-order chi connectivity index (χ0) is 10.1. The molecule has 0 saturated carbocycles. The predicted octanol–water partition coefficient (Wildman–Crippen LogP) is 0.755. The summed E-state index contributed by atoms with van der Waals surface area (Å²) in [6.45, 7) is 1.38. The molecular weight excluding hydrogens is 215 g/mol. The molecule has 1 rings (SSSR count). The molecule has 1 aromatic carbocycles. The number of benzene rings is 1. The molecule has 14 heavy (non-hydrogen) atoms. The van der Waals surface area contributed by atoms with E-state index in [0.717, 1.165) is 0 Å². The molecule has 0 unspecified atom stereocenters. The Morgan fingerprint density at radius 1 is 1.21 bits per heavy atom. The number of rotatable bonds is 2. The molecule has 0 spiro atoms. The summed E-state index contributed by atoms with van der Waals surface area (Å²) in [7, 11) is -4.16. The molecule has 0 aliphatic rings. The van der Waals surface area contributed by atoms with E-state index in [1.165, 1.54) is 31.2 Å². The molecule has 0 aromatic heterocycles. The van der Waals surface area contributed by atoms with Gasteiger partial charge in [0, 0.05) is 35.1 Å². The van der Waals surface area contributed by atoms with E-state index >= 15 is 0 Å². The van der Waals surface area contributed by atoms with Crippen LogP contribution in [0.2, 0.25) is 0 Å². The fraction of sp³-hybridized carbons (Fsp3) is 0.125. The molecule has 4 nitrogen and oxygen atoms in total. The van der Waals surface area contributed by atoms with Crippen molar-refractivity contribution in [3.8, 4) is 0 Å². The van der Waals surface area contributed by atoms with Gasteiger partial charge in [0.1, 0.15) is 0 Å². The summed E-state index contributed by atoms with van der Waals surface area (Å²) in [5.74, 6) is -0.151. The minimum absolute atomic E-state index is 0. The van der Waals surface area contributed by atoms with Gasteiger partial charge in [-0.15, -0.1) is 0 Å². The van der Waals surface area contributed by atoms with Gasteiger partial charge in [-0.05, 0) is 19.1 Å². The van der Waals surface area contributed by atoms with Crippen LogP contribution < -0.4 is 0 Å². The largest absolute Gasteiger partial charge is 0.295 e. The van der Waals surface area contributed by atoms with Gasteiger partial charge in [0.15, 0.2) is 5.78 Å². The van der Waals surface area contributed by atoms with Crippen LogP contribution in [0.3, 0.4) is 0 Å². The maximum atomic E-state index is 10.8. The summed E-state index contributed by atoms with van der Waals surface area (Å²) in [6.07, 6.45) is 0. The normalized spacial score (nSPS) is 10.4. The first-order chi connectivity index (χ1) is 5.91. The SMILES string of the molecule is CC(=O)c1ccc(S(=O)(=O)O)cc1.[Na]. The minimum Gasteiger partial charge on any atom is -0.295 e. The van der Waals surface area contributed by atoms with Crippen LogP contribution in [-0.4, -0.2) is 48.3 Å². The average Bonchev–Trinajstić information content (AvgIpc) is 2.03. The first-order valence-electron chi connectivity index (χ1n) is 3.50. The molecule has 0 fully saturated rings. The van der Waals surface area contributed by atoms with Crippen LogP contribution in [0.1, 0.15) is 17.3 Å². The van der Waals surface area contributed by atoms with E-state index < -0.39 is 10.1 Å². The van der Waals surface area contributed by atoms with Crippen molar-refractivity contribution in [2.75, 3.05) is 0 Å². The molecule has 0 bridgehead atoms. The standard InChI is InChI=1S/C8H8O4S.Na/c1-6(9)7-2-4-8(5-3-7)13(10,11)12;/h2-5H,1H3,(H,10,11,12);. The van der Waals surface area contributed by atoms with Gasteiger partial charge in [-0.3, -0.25) is 9.35 Å². The van der Waals surface area contributed by atoms with Gasteiger partial charge in [-0.2, -0.15) is 8.42 Å². The summed E-state index contributed by atoms with van der Waals surface area (Å²) >= 11 is 0. The monoisotopic (exact) mass is 223 g/mol. The van der Waals surface area contributed by atoms with Gasteiger partial charge in [0.25, 0.3) is 10.1 Å². The fourth-order valence-electron chi connectivity index (χ4n) is 0.862. The van der Waals surface area contributed by atoms with Crippen molar-refractivity contribution in [2.24, 2.45) is 0 Å². The van der Waals surface area contributed by atoms with Crippen molar-refractivity contribution < 1.29 is 17.8 Å². The van der Waals surface area contributed by atoms with E-state index in [9.17, 15) is 13.2 Å². The zero-order valence-electron chi connectivity index (χ0n) is 7.89. The number of ketones is 1. The molecule has 1 aromatic rings. The quantitative estimate of drug-likeness (QED) is 0.456. The second kappa shape index (κ2) is 5.04. The third-order valence-electron chi connectivity index (χ3n) is 1.56. The summed E-state index contributed by atoms with van der Waals surface area (Å²) in [4.78, 5) is 10.6. The van der Waals surface area contributed by atoms with Crippen molar-refractivity contribution >= 4 is 45.5 Å². The Morgan fingerprint density at radius 3 is 1.93 bits per heavy atom. The van der Waals surface area contributed by atoms with Gasteiger partial charge in [-0.25, -0.2) is 0 Å². The molecule has 71 valence electrons. The molecule has 0 atom stereocenters. The predicted molar refractivity (Wildman–Crippen MR) is 52.0 cm³/mol. The van der Waals surface area contributed by atoms with E-state index in [-0.39, 0.29) is 40.2 Å². The Bertz CT molecular complexity index is 421. The summed E-state index contributed by atoms with van der Waals surface area (Å²) in [6, 6.07) is 5.08. The Kier molecular flexibility index (Phi) is 4.97. The van der Waals surface area contributed by atoms with E-state index in [1.54, 1.807) is 0 Å². The smallest absolute Gasteiger partial charge is 0.294 e. The average molecular weight is 223 g/mol. The van der Waals surface area contributed by atoms with Crippen molar-refractivity contribution in [1.29, 1.82) is 0 Å². The fourth-order valence-corrected chi connectivity index (χ4v) is 1.34. The molecule has 0 aliphatic heterocycles. The number of carbonyl (C=O) groups excluding carboxylic acids is 1. The third-order valence-corrected chi connectivity index (χ3v) is 2.43. The Morgan fingerprint density at radius 2 is 1.64 bits per heavy atom. The number of hydrogen-bond donors (Lipinski definition) is 1. The molecule has 6 heteroatoms. The Balaban J connectivity index is 0.00000169. The summed E-state index contributed by atoms with van der Waals surface area (Å²) in [5.41, 5.74) is 0.410. The van der Waals surface area contributed by atoms with Gasteiger partial charge in [-0.1, -0.05) is 12.1 Å². The van der Waals surface area contributed by atoms with Crippen LogP contribution in [0, 0.1) is 0 Å². The van der Waals surface area contributed by atoms with Crippen LogP contribution in [-0.2, 0) is 10.1 Å². The van der Waals surface area contributed by atoms with Gasteiger partial charge >= 0.3 is 0 Å². The molecule has 1 N–H and O–H groups in total. The van der Waals surface area contributed by atoms with Crippen LogP contribution >= 0.6 is 0 Å². The van der Waals surface area contributed by atoms with Crippen molar-refractivity contribution in [1.82, 2.24) is 0 Å². The second-order valence-electron chi connectivity index (χ2n) is 2.56. The van der Waals surface area contributed by atoms with E-state index in [0.29, 0.717) is 5.56 Å². The molecule has 1 radical (unpaired) electrons. The first kappa shape index (κ1) is 13.8. The van der Waals surface area contributed by atoms with Crippen LogP contribution in [0.15, 0.2) is 29.2 Å². The minimum atomic E-state index is -4.16. The van der Waals surface area contributed by atoms with Gasteiger partial charge in [0.2, 0.25) is 0 Å². The molecular formula is C8H8NaO4S. The van der Waals surface area contributed by atoms with E-state index in [4.69, 9.17) is 4.55 Å². The number of Topliss-reactive ketones (excluding diaryl/α,β-unsaturated/α-hetero) is 1. The Hall–Kier alpha value is -0.200. The summed E-state index contributed by atoms with van der Waals surface area (Å²) in [5, 5.41) is 0. The van der Waals surface area contributed by atoms with Crippen LogP contribution in [0.25, 0.3) is 0 Å². The van der Waals surface area contributed by atoms with Gasteiger partial charge in [0.05, 0.1) is 4.90 Å². The molecule has 0 heterocycles. The van der Waals surface area contributed by atoms with Crippen molar-refractivity contribution in [3.63, 3.8) is 0 Å². The van der Waals surface area contributed by atoms with Gasteiger partial charge < -0.3 is 0 Å². The van der Waals surface area contributed by atoms with Crippen LogP contribution in [0.5, 0.6) is 0 Å². The first-order valence-corrected chi connectivity index (χ1v) is 4.94. The third kappa shape index (κ3) is 3.51. The molecule has 0 amide bonds. The zero-order valence-corrected chi connectivity index (χ0v) is 10.7. The summed E-state index contributed by atoms with van der Waals surface area (Å²) < 4.78 is 29.8. The number of carbonyl (C=O) groups is 1. The Labute approximate surface area is 104 Å². The van der Waals surface area contributed by atoms with E-state index in [1.807, 2.05) is 0 Å². The maximum absolute atomic E-state index is 10.8. The topological polar surface area (TPSA) is 71.4 Å².